The first kappa shape index (κ1) is 25.4. The maximum atomic E-state index is 14.4. The van der Waals surface area contributed by atoms with Crippen molar-refractivity contribution in [1.82, 2.24) is 4.90 Å². The van der Waals surface area contributed by atoms with Crippen molar-refractivity contribution in [2.24, 2.45) is 11.8 Å². The monoisotopic (exact) mass is 484 g/mol. The molecule has 0 radical (unpaired) electrons. The predicted octanol–water partition coefficient (Wildman–Crippen LogP) is 2.53. The van der Waals surface area contributed by atoms with Crippen LogP contribution in [0.1, 0.15) is 43.7 Å². The summed E-state index contributed by atoms with van der Waals surface area (Å²) in [6.07, 6.45) is 3.45. The molecule has 190 valence electrons. The standard InChI is InChI=1S/C27H36N2O6/c1-5-13-28(19-16-17(3)9-10-18(19)4)25(32)23-27-12-11-20(35-27)21(26(33)34-6-2)22(27)24(31)29(23)14-7-8-15-30/h5,9-10,16,20-23,30H,1,6-8,11-15H2,2-4H3/t20-,21+,22-,23?,27?/m0/s1. The quantitative estimate of drug-likeness (QED) is 0.312. The van der Waals surface area contributed by atoms with E-state index in [-0.39, 0.29) is 31.6 Å². The molecular formula is C27H36N2O6. The smallest absolute Gasteiger partial charge is 0.312 e. The van der Waals surface area contributed by atoms with Gasteiger partial charge in [0.2, 0.25) is 5.91 Å². The SMILES string of the molecule is C=CCN(C(=O)C1N(CCCCO)C(=O)[C@@H]2[C@H](C(=O)OCC)[C@@H]3CCC12O3)c1cc(C)ccc1C. The number of carbonyl (C=O) groups is 3. The summed E-state index contributed by atoms with van der Waals surface area (Å²) in [5.74, 6) is -2.35. The van der Waals surface area contributed by atoms with Crippen LogP contribution in [0.15, 0.2) is 30.9 Å². The van der Waals surface area contributed by atoms with Crippen LogP contribution in [0, 0.1) is 25.7 Å². The van der Waals surface area contributed by atoms with Gasteiger partial charge < -0.3 is 24.4 Å². The van der Waals surface area contributed by atoms with Gasteiger partial charge in [-0.15, -0.1) is 6.58 Å². The number of likely N-dealkylation sites (tertiary alicyclic amines) is 1. The minimum Gasteiger partial charge on any atom is -0.466 e. The maximum Gasteiger partial charge on any atom is 0.312 e. The first-order valence-corrected chi connectivity index (χ1v) is 12.6. The van der Waals surface area contributed by atoms with E-state index < -0.39 is 35.6 Å². The van der Waals surface area contributed by atoms with Gasteiger partial charge in [-0.2, -0.15) is 0 Å². The van der Waals surface area contributed by atoms with Crippen molar-refractivity contribution >= 4 is 23.5 Å². The topological polar surface area (TPSA) is 96.4 Å². The number of aliphatic hydroxyl groups excluding tert-OH is 1. The lowest BCUT2D eigenvalue weighted by molar-refractivity contribution is -0.154. The molecule has 3 aliphatic rings. The van der Waals surface area contributed by atoms with Crippen molar-refractivity contribution < 1.29 is 29.0 Å². The number of fused-ring (bicyclic) bond motifs is 1. The highest BCUT2D eigenvalue weighted by atomic mass is 16.6. The van der Waals surface area contributed by atoms with Crippen LogP contribution in [0.3, 0.4) is 0 Å². The number of unbranched alkanes of at least 4 members (excludes halogenated alkanes) is 1. The molecule has 2 amide bonds. The minimum atomic E-state index is -1.06. The predicted molar refractivity (Wildman–Crippen MR) is 131 cm³/mol. The Hall–Kier alpha value is -2.71. The molecule has 35 heavy (non-hydrogen) atoms. The van der Waals surface area contributed by atoms with Crippen LogP contribution >= 0.6 is 0 Å². The molecule has 3 saturated heterocycles. The molecule has 1 N–H and O–H groups in total. The normalized spacial score (nSPS) is 28.8. The third-order valence-corrected chi connectivity index (χ3v) is 7.63. The summed E-state index contributed by atoms with van der Waals surface area (Å²) in [6.45, 7) is 10.3. The van der Waals surface area contributed by atoms with Crippen LogP contribution in [-0.4, -0.2) is 71.8 Å². The van der Waals surface area contributed by atoms with E-state index in [0.29, 0.717) is 32.2 Å². The molecule has 0 aromatic heterocycles. The van der Waals surface area contributed by atoms with Crippen LogP contribution in [0.5, 0.6) is 0 Å². The number of hydrogen-bond donors (Lipinski definition) is 1. The van der Waals surface area contributed by atoms with Crippen LogP contribution in [0.4, 0.5) is 5.69 Å². The van der Waals surface area contributed by atoms with Gasteiger partial charge in [-0.1, -0.05) is 18.2 Å². The van der Waals surface area contributed by atoms with Gasteiger partial charge in [0.1, 0.15) is 11.6 Å². The highest BCUT2D eigenvalue weighted by Crippen LogP contribution is 2.59. The zero-order valence-corrected chi connectivity index (χ0v) is 20.9. The van der Waals surface area contributed by atoms with Gasteiger partial charge in [-0.25, -0.2) is 0 Å². The van der Waals surface area contributed by atoms with Crippen molar-refractivity contribution in [2.75, 3.05) is 31.2 Å². The molecule has 2 bridgehead atoms. The van der Waals surface area contributed by atoms with E-state index in [1.807, 2.05) is 32.0 Å². The van der Waals surface area contributed by atoms with E-state index in [1.54, 1.807) is 22.8 Å². The number of amides is 2. The van der Waals surface area contributed by atoms with E-state index in [0.717, 1.165) is 16.8 Å². The van der Waals surface area contributed by atoms with Crippen LogP contribution in [0.25, 0.3) is 0 Å². The molecule has 0 saturated carbocycles. The number of aliphatic hydroxyl groups is 1. The molecule has 3 fully saturated rings. The van der Waals surface area contributed by atoms with Crippen LogP contribution < -0.4 is 4.90 Å². The van der Waals surface area contributed by atoms with Crippen molar-refractivity contribution in [3.8, 4) is 0 Å². The van der Waals surface area contributed by atoms with Gasteiger partial charge in [0.25, 0.3) is 5.91 Å². The number of esters is 1. The summed E-state index contributed by atoms with van der Waals surface area (Å²) in [7, 11) is 0. The molecule has 1 aromatic carbocycles. The molecule has 4 rings (SSSR count). The first-order valence-electron chi connectivity index (χ1n) is 12.6. The van der Waals surface area contributed by atoms with E-state index in [4.69, 9.17) is 9.47 Å². The molecule has 8 nitrogen and oxygen atoms in total. The Bertz CT molecular complexity index is 1010. The highest BCUT2D eigenvalue weighted by Gasteiger charge is 2.75. The number of anilines is 1. The summed E-state index contributed by atoms with van der Waals surface area (Å²) >= 11 is 0. The summed E-state index contributed by atoms with van der Waals surface area (Å²) in [6, 6.07) is 5.08. The van der Waals surface area contributed by atoms with E-state index >= 15 is 0 Å². The van der Waals surface area contributed by atoms with Gasteiger partial charge in [-0.05, 0) is 63.6 Å². The molecular weight excluding hydrogens is 448 g/mol. The fraction of sp³-hybridized carbons (Fsp3) is 0.593. The number of aryl methyl sites for hydroxylation is 2. The number of hydrogen-bond acceptors (Lipinski definition) is 6. The minimum absolute atomic E-state index is 0.00428. The van der Waals surface area contributed by atoms with Crippen molar-refractivity contribution in [3.63, 3.8) is 0 Å². The van der Waals surface area contributed by atoms with Gasteiger partial charge in [-0.3, -0.25) is 14.4 Å². The number of nitrogens with zero attached hydrogens (tertiary/aromatic N) is 2. The molecule has 3 aliphatic heterocycles. The fourth-order valence-electron chi connectivity index (χ4n) is 6.17. The van der Waals surface area contributed by atoms with Gasteiger partial charge in [0.15, 0.2) is 0 Å². The fourth-order valence-corrected chi connectivity index (χ4v) is 6.17. The summed E-state index contributed by atoms with van der Waals surface area (Å²) in [5.41, 5.74) is 1.67. The molecule has 8 heteroatoms. The number of ether oxygens (including phenoxy) is 2. The molecule has 0 aliphatic carbocycles. The molecule has 5 atom stereocenters. The lowest BCUT2D eigenvalue weighted by Crippen LogP contribution is -2.56. The second kappa shape index (κ2) is 10.1. The van der Waals surface area contributed by atoms with E-state index in [2.05, 4.69) is 6.58 Å². The van der Waals surface area contributed by atoms with Gasteiger partial charge in [0, 0.05) is 25.4 Å². The zero-order chi connectivity index (χ0) is 25.3. The molecule has 2 unspecified atom stereocenters. The van der Waals surface area contributed by atoms with Gasteiger partial charge >= 0.3 is 5.97 Å². The zero-order valence-electron chi connectivity index (χ0n) is 20.9. The second-order valence-corrected chi connectivity index (χ2v) is 9.80. The third-order valence-electron chi connectivity index (χ3n) is 7.63. The average molecular weight is 485 g/mol. The summed E-state index contributed by atoms with van der Waals surface area (Å²) in [5, 5.41) is 9.31. The van der Waals surface area contributed by atoms with E-state index in [9.17, 15) is 19.5 Å². The van der Waals surface area contributed by atoms with Gasteiger partial charge in [0.05, 0.1) is 24.5 Å². The third kappa shape index (κ3) is 4.16. The molecule has 1 spiro atoms. The Labute approximate surface area is 206 Å². The second-order valence-electron chi connectivity index (χ2n) is 9.80. The largest absolute Gasteiger partial charge is 0.466 e. The number of benzene rings is 1. The molecule has 3 heterocycles. The Balaban J connectivity index is 1.77. The van der Waals surface area contributed by atoms with Crippen LogP contribution in [0.2, 0.25) is 0 Å². The van der Waals surface area contributed by atoms with E-state index in [1.165, 1.54) is 0 Å². The Kier molecular flexibility index (Phi) is 7.33. The molecule has 1 aromatic rings. The van der Waals surface area contributed by atoms with Crippen molar-refractivity contribution in [2.45, 2.75) is 64.2 Å². The summed E-state index contributed by atoms with van der Waals surface area (Å²) in [4.78, 5) is 44.3. The highest BCUT2D eigenvalue weighted by molar-refractivity contribution is 6.05. The summed E-state index contributed by atoms with van der Waals surface area (Å²) < 4.78 is 11.8. The number of rotatable bonds is 10. The lowest BCUT2D eigenvalue weighted by Gasteiger charge is -2.37. The maximum absolute atomic E-state index is 14.4. The first-order chi connectivity index (χ1) is 16.8. The average Bonchev–Trinajstić information content (AvgIpc) is 3.47. The Morgan fingerprint density at radius 1 is 1.34 bits per heavy atom. The van der Waals surface area contributed by atoms with Crippen LogP contribution in [-0.2, 0) is 23.9 Å². The Morgan fingerprint density at radius 3 is 2.80 bits per heavy atom. The van der Waals surface area contributed by atoms with Crippen molar-refractivity contribution in [3.05, 3.63) is 42.0 Å². The lowest BCUT2D eigenvalue weighted by atomic mass is 9.70. The Morgan fingerprint density at radius 2 is 2.11 bits per heavy atom. The van der Waals surface area contributed by atoms with Crippen molar-refractivity contribution in [1.29, 1.82) is 0 Å². The number of carbonyl (C=O) groups excluding carboxylic acids is 3.